The summed E-state index contributed by atoms with van der Waals surface area (Å²) in [6.07, 6.45) is 25.3. The first-order valence-corrected chi connectivity index (χ1v) is 15.9. The number of amides is 1. The Hall–Kier alpha value is -1.48. The van der Waals surface area contributed by atoms with Gasteiger partial charge in [-0.25, -0.2) is 0 Å². The Balaban J connectivity index is 4.42. The molecular weight excluding hydrogens is 490 g/mol. The van der Waals surface area contributed by atoms with Crippen LogP contribution in [-0.4, -0.2) is 53.1 Å². The fourth-order valence-corrected chi connectivity index (χ4v) is 4.64. The topological polar surface area (TPSA) is 124 Å². The normalized spacial score (nSPS) is 15.1. The minimum atomic E-state index is -4.44. The van der Waals surface area contributed by atoms with E-state index in [-0.39, 0.29) is 6.42 Å². The van der Waals surface area contributed by atoms with Crippen molar-refractivity contribution in [3.8, 4) is 0 Å². The summed E-state index contributed by atoms with van der Waals surface area (Å²) in [5.41, 5.74) is 0. The molecule has 0 aliphatic carbocycles. The van der Waals surface area contributed by atoms with Gasteiger partial charge < -0.3 is 15.5 Å². The number of carbonyl (C=O) groups is 1. The van der Waals surface area contributed by atoms with Crippen molar-refractivity contribution >= 4 is 16.0 Å². The monoisotopic (exact) mass is 543 g/mol. The highest BCUT2D eigenvalue weighted by molar-refractivity contribution is 7.85. The van der Waals surface area contributed by atoms with Crippen LogP contribution in [0.1, 0.15) is 117 Å². The molecule has 0 heterocycles. The molecule has 0 radical (unpaired) electrons. The molecule has 0 aliphatic rings. The molecule has 37 heavy (non-hydrogen) atoms. The molecule has 3 atom stereocenters. The Morgan fingerprint density at radius 3 is 1.84 bits per heavy atom. The van der Waals surface area contributed by atoms with Gasteiger partial charge in [0.2, 0.25) is 5.91 Å². The number of carbonyl (C=O) groups excluding carboxylic acids is 1. The summed E-state index contributed by atoms with van der Waals surface area (Å²) in [6, 6.07) is -1.26. The second-order valence-corrected chi connectivity index (χ2v) is 11.3. The van der Waals surface area contributed by atoms with Crippen LogP contribution in [-0.2, 0) is 14.9 Å². The Morgan fingerprint density at radius 1 is 0.757 bits per heavy atom. The minimum Gasteiger partial charge on any atom is -0.387 e. The number of nitrogens with one attached hydrogen (secondary N) is 1. The molecule has 4 N–H and O–H groups in total. The third-order valence-electron chi connectivity index (χ3n) is 6.18. The van der Waals surface area contributed by atoms with Crippen LogP contribution in [0, 0.1) is 0 Å². The van der Waals surface area contributed by atoms with Crippen LogP contribution >= 0.6 is 0 Å². The van der Waals surface area contributed by atoms with Crippen molar-refractivity contribution in [3.63, 3.8) is 0 Å². The summed E-state index contributed by atoms with van der Waals surface area (Å²) in [5, 5.41) is 22.9. The summed E-state index contributed by atoms with van der Waals surface area (Å²) < 4.78 is 32.0. The van der Waals surface area contributed by atoms with Gasteiger partial charge in [0, 0.05) is 6.42 Å². The van der Waals surface area contributed by atoms with E-state index in [0.29, 0.717) is 6.42 Å². The highest BCUT2D eigenvalue weighted by atomic mass is 32.2. The molecule has 216 valence electrons. The molecule has 0 aromatic heterocycles. The first-order valence-electron chi connectivity index (χ1n) is 14.3. The van der Waals surface area contributed by atoms with Crippen molar-refractivity contribution in [2.24, 2.45) is 0 Å². The third-order valence-corrected chi connectivity index (χ3v) is 6.96. The van der Waals surface area contributed by atoms with Crippen LogP contribution in [0.3, 0.4) is 0 Å². The van der Waals surface area contributed by atoms with Crippen molar-refractivity contribution in [1.29, 1.82) is 0 Å². The summed E-state index contributed by atoms with van der Waals surface area (Å²) in [6.45, 7) is 4.38. The maximum absolute atomic E-state index is 12.4. The molecule has 0 saturated heterocycles. The zero-order chi connectivity index (χ0) is 27.8. The number of hydrogen-bond acceptors (Lipinski definition) is 5. The van der Waals surface area contributed by atoms with Gasteiger partial charge in [-0.05, 0) is 32.1 Å². The van der Waals surface area contributed by atoms with E-state index in [1.807, 2.05) is 6.08 Å². The van der Waals surface area contributed by atoms with Crippen LogP contribution in [0.5, 0.6) is 0 Å². The van der Waals surface area contributed by atoms with Crippen molar-refractivity contribution in [2.45, 2.75) is 135 Å². The fraction of sp³-hybridized carbons (Fsp3) is 0.759. The van der Waals surface area contributed by atoms with Crippen LogP contribution in [0.2, 0.25) is 0 Å². The number of aliphatic hydroxyl groups is 2. The predicted molar refractivity (Wildman–Crippen MR) is 153 cm³/mol. The van der Waals surface area contributed by atoms with Gasteiger partial charge in [0.1, 0.15) is 6.10 Å². The largest absolute Gasteiger partial charge is 0.387 e. The van der Waals surface area contributed by atoms with Crippen molar-refractivity contribution < 1.29 is 28.0 Å². The second-order valence-electron chi connectivity index (χ2n) is 9.83. The van der Waals surface area contributed by atoms with E-state index in [0.717, 1.165) is 32.1 Å². The van der Waals surface area contributed by atoms with Gasteiger partial charge in [-0.2, -0.15) is 8.42 Å². The Bertz CT molecular complexity index is 747. The van der Waals surface area contributed by atoms with Gasteiger partial charge in [-0.15, -0.1) is 0 Å². The van der Waals surface area contributed by atoms with E-state index in [1.165, 1.54) is 63.9 Å². The summed E-state index contributed by atoms with van der Waals surface area (Å²) >= 11 is 0. The fourth-order valence-electron chi connectivity index (χ4n) is 3.91. The van der Waals surface area contributed by atoms with E-state index in [1.54, 1.807) is 12.2 Å². The zero-order valence-electron chi connectivity index (χ0n) is 23.2. The van der Waals surface area contributed by atoms with E-state index in [4.69, 9.17) is 0 Å². The summed E-state index contributed by atoms with van der Waals surface area (Å²) in [5.74, 6) is -1.63. The smallest absolute Gasteiger partial charge is 0.267 e. The number of hydrogen-bond donors (Lipinski definition) is 4. The van der Waals surface area contributed by atoms with Gasteiger partial charge in [0.25, 0.3) is 10.1 Å². The summed E-state index contributed by atoms with van der Waals surface area (Å²) in [4.78, 5) is 12.4. The van der Waals surface area contributed by atoms with Crippen LogP contribution in [0.4, 0.5) is 0 Å². The highest BCUT2D eigenvalue weighted by Gasteiger charge is 2.27. The lowest BCUT2D eigenvalue weighted by Crippen LogP contribution is -2.50. The highest BCUT2D eigenvalue weighted by Crippen LogP contribution is 2.09. The maximum atomic E-state index is 12.4. The van der Waals surface area contributed by atoms with Crippen LogP contribution < -0.4 is 5.32 Å². The molecule has 0 rings (SSSR count). The van der Waals surface area contributed by atoms with Crippen LogP contribution in [0.25, 0.3) is 0 Å². The molecule has 0 aromatic carbocycles. The van der Waals surface area contributed by atoms with E-state index < -0.39 is 40.0 Å². The molecule has 0 bridgehead atoms. The molecule has 0 fully saturated rings. The maximum Gasteiger partial charge on any atom is 0.267 e. The van der Waals surface area contributed by atoms with E-state index >= 15 is 0 Å². The van der Waals surface area contributed by atoms with Gasteiger partial charge >= 0.3 is 0 Å². The number of rotatable bonds is 24. The molecule has 3 unspecified atom stereocenters. The van der Waals surface area contributed by atoms with Gasteiger partial charge in [-0.1, -0.05) is 115 Å². The van der Waals surface area contributed by atoms with E-state index in [2.05, 4.69) is 31.3 Å². The standard InChI is InChI=1S/C29H53NO6S/c1-3-5-7-9-11-13-14-15-16-18-20-22-24-28(32)29(33)30-26(25-37(34,35)36)27(31)23-21-19-17-12-10-8-6-4-2/h15-16,20-23,26-28,31-32H,3-14,17-19,24-25H2,1-2H3,(H,30,33)(H,34,35,36)/b16-15-,22-20-,23-21+. The Kier molecular flexibility index (Phi) is 22.7. The van der Waals surface area contributed by atoms with Crippen molar-refractivity contribution in [3.05, 3.63) is 36.5 Å². The first-order chi connectivity index (χ1) is 17.7. The van der Waals surface area contributed by atoms with Crippen molar-refractivity contribution in [2.75, 3.05) is 5.75 Å². The van der Waals surface area contributed by atoms with Crippen molar-refractivity contribution in [1.82, 2.24) is 5.32 Å². The predicted octanol–water partition coefficient (Wildman–Crippen LogP) is 6.03. The van der Waals surface area contributed by atoms with E-state index in [9.17, 15) is 28.0 Å². The SMILES string of the molecule is CCCCCCCC/C=C\C/C=C\CC(O)C(=O)NC(CS(=O)(=O)O)C(O)/C=C/CCCCCCCC. The molecule has 8 heteroatoms. The summed E-state index contributed by atoms with van der Waals surface area (Å²) in [7, 11) is -4.44. The molecule has 0 saturated carbocycles. The average Bonchev–Trinajstić information content (AvgIpc) is 2.84. The lowest BCUT2D eigenvalue weighted by atomic mass is 10.1. The van der Waals surface area contributed by atoms with Crippen LogP contribution in [0.15, 0.2) is 36.5 Å². The quantitative estimate of drug-likeness (QED) is 0.0669. The van der Waals surface area contributed by atoms with Gasteiger partial charge in [-0.3, -0.25) is 9.35 Å². The van der Waals surface area contributed by atoms with Gasteiger partial charge in [0.15, 0.2) is 0 Å². The average molecular weight is 544 g/mol. The number of aliphatic hydroxyl groups excluding tert-OH is 2. The third kappa shape index (κ3) is 23.4. The lowest BCUT2D eigenvalue weighted by molar-refractivity contribution is -0.130. The van der Waals surface area contributed by atoms with Gasteiger partial charge in [0.05, 0.1) is 17.9 Å². The molecular formula is C29H53NO6S. The Morgan fingerprint density at radius 2 is 1.27 bits per heavy atom. The number of unbranched alkanes of at least 4 members (excludes halogenated alkanes) is 12. The lowest BCUT2D eigenvalue weighted by Gasteiger charge is -2.22. The zero-order valence-corrected chi connectivity index (χ0v) is 24.0. The molecule has 0 aliphatic heterocycles. The molecule has 0 spiro atoms. The second kappa shape index (κ2) is 23.6. The molecule has 1 amide bonds. The minimum absolute atomic E-state index is 0.0691. The molecule has 0 aromatic rings. The first kappa shape index (κ1) is 35.5. The molecule has 7 nitrogen and oxygen atoms in total. The Labute approximate surface area is 226 Å². The number of allylic oxidation sites excluding steroid dienone is 4.